The third-order valence-corrected chi connectivity index (χ3v) is 6.36. The molecule has 1 aliphatic carbocycles. The normalized spacial score (nSPS) is 27.0. The van der Waals surface area contributed by atoms with Crippen LogP contribution in [-0.4, -0.2) is 29.2 Å². The van der Waals surface area contributed by atoms with E-state index in [2.05, 4.69) is 60.4 Å². The Morgan fingerprint density at radius 2 is 1.80 bits per heavy atom. The number of rotatable bonds is 3. The molecule has 2 nitrogen and oxygen atoms in total. The Morgan fingerprint density at radius 1 is 1.04 bits per heavy atom. The molecule has 0 aromatic heterocycles. The van der Waals surface area contributed by atoms with Gasteiger partial charge in [0.15, 0.2) is 0 Å². The van der Waals surface area contributed by atoms with Gasteiger partial charge in [-0.1, -0.05) is 55.0 Å². The lowest BCUT2D eigenvalue weighted by molar-refractivity contribution is -0.0120. The maximum atomic E-state index is 10.5. The quantitative estimate of drug-likeness (QED) is 0.872. The Hall–Kier alpha value is -1.64. The van der Waals surface area contributed by atoms with E-state index in [9.17, 15) is 5.11 Å². The van der Waals surface area contributed by atoms with Gasteiger partial charge in [0.1, 0.15) is 0 Å². The van der Waals surface area contributed by atoms with Crippen LogP contribution in [0.25, 0.3) is 11.1 Å². The molecular weight excluding hydrogens is 306 g/mol. The average molecular weight is 335 g/mol. The molecule has 4 rings (SSSR count). The SMILES string of the molecule is Cc1ccccc1-c1ccc(CN2CCC[C@]3(CCC[C@H]3O)C2)cc1. The summed E-state index contributed by atoms with van der Waals surface area (Å²) in [7, 11) is 0. The van der Waals surface area contributed by atoms with Gasteiger partial charge < -0.3 is 5.11 Å². The van der Waals surface area contributed by atoms with Gasteiger partial charge in [-0.2, -0.15) is 0 Å². The smallest absolute Gasteiger partial charge is 0.0608 e. The van der Waals surface area contributed by atoms with E-state index in [0.29, 0.717) is 0 Å². The van der Waals surface area contributed by atoms with Crippen molar-refractivity contribution in [1.82, 2.24) is 4.90 Å². The zero-order valence-electron chi connectivity index (χ0n) is 15.2. The standard InChI is InChI=1S/C23H29NO/c1-18-6-2-3-7-21(18)20-11-9-19(10-12-20)16-24-15-5-14-23(17-24)13-4-8-22(23)25/h2-3,6-7,9-12,22,25H,4-5,8,13-17H2,1H3/t22-,23-/m1/s1. The minimum atomic E-state index is -0.0845. The largest absolute Gasteiger partial charge is 0.393 e. The minimum absolute atomic E-state index is 0.0845. The molecule has 2 aromatic rings. The minimum Gasteiger partial charge on any atom is -0.393 e. The van der Waals surface area contributed by atoms with E-state index in [0.717, 1.165) is 26.1 Å². The van der Waals surface area contributed by atoms with E-state index in [1.54, 1.807) is 0 Å². The van der Waals surface area contributed by atoms with Crippen LogP contribution in [0.1, 0.15) is 43.2 Å². The number of hydrogen-bond donors (Lipinski definition) is 1. The van der Waals surface area contributed by atoms with Crippen LogP contribution in [-0.2, 0) is 6.54 Å². The van der Waals surface area contributed by atoms with Crippen molar-refractivity contribution in [2.24, 2.45) is 5.41 Å². The van der Waals surface area contributed by atoms with Crippen molar-refractivity contribution in [2.45, 2.75) is 51.7 Å². The van der Waals surface area contributed by atoms with Gasteiger partial charge in [-0.3, -0.25) is 4.90 Å². The van der Waals surface area contributed by atoms with Crippen LogP contribution in [0.3, 0.4) is 0 Å². The third kappa shape index (κ3) is 3.38. The van der Waals surface area contributed by atoms with Gasteiger partial charge in [0.05, 0.1) is 6.10 Å². The Balaban J connectivity index is 1.45. The summed E-state index contributed by atoms with van der Waals surface area (Å²) in [6.45, 7) is 5.40. The first-order valence-electron chi connectivity index (χ1n) is 9.72. The van der Waals surface area contributed by atoms with Crippen LogP contribution in [0.15, 0.2) is 48.5 Å². The van der Waals surface area contributed by atoms with E-state index >= 15 is 0 Å². The lowest BCUT2D eigenvalue weighted by atomic mass is 9.76. The number of benzene rings is 2. The molecule has 0 unspecified atom stereocenters. The van der Waals surface area contributed by atoms with Gasteiger partial charge in [-0.15, -0.1) is 0 Å². The molecule has 1 saturated heterocycles. The molecule has 2 aliphatic rings. The lowest BCUT2D eigenvalue weighted by Gasteiger charge is -2.42. The predicted octanol–water partition coefficient (Wildman–Crippen LogP) is 4.79. The van der Waals surface area contributed by atoms with Crippen LogP contribution in [0.4, 0.5) is 0 Å². The summed E-state index contributed by atoms with van der Waals surface area (Å²) in [5, 5.41) is 10.5. The first kappa shape index (κ1) is 16.8. The molecule has 1 heterocycles. The Labute approximate surface area is 151 Å². The number of aliphatic hydroxyl groups is 1. The lowest BCUT2D eigenvalue weighted by Crippen LogP contribution is -2.46. The molecule has 0 radical (unpaired) electrons. The summed E-state index contributed by atoms with van der Waals surface area (Å²) in [5.74, 6) is 0. The van der Waals surface area contributed by atoms with Gasteiger partial charge in [0, 0.05) is 18.5 Å². The molecule has 2 aromatic carbocycles. The number of aryl methyl sites for hydroxylation is 1. The molecule has 1 aliphatic heterocycles. The Kier molecular flexibility index (Phi) is 4.66. The Bertz CT molecular complexity index is 723. The molecule has 25 heavy (non-hydrogen) atoms. The summed E-state index contributed by atoms with van der Waals surface area (Å²) in [6, 6.07) is 17.6. The molecule has 2 fully saturated rings. The number of likely N-dealkylation sites (tertiary alicyclic amines) is 1. The van der Waals surface area contributed by atoms with Crippen molar-refractivity contribution in [3.05, 3.63) is 59.7 Å². The van der Waals surface area contributed by atoms with Gasteiger partial charge in [-0.25, -0.2) is 0 Å². The third-order valence-electron chi connectivity index (χ3n) is 6.36. The second-order valence-electron chi connectivity index (χ2n) is 8.10. The molecule has 132 valence electrons. The second-order valence-corrected chi connectivity index (χ2v) is 8.10. The fourth-order valence-electron chi connectivity index (χ4n) is 4.93. The second kappa shape index (κ2) is 6.93. The molecule has 2 heteroatoms. The highest BCUT2D eigenvalue weighted by molar-refractivity contribution is 5.67. The maximum absolute atomic E-state index is 10.5. The van der Waals surface area contributed by atoms with Crippen molar-refractivity contribution in [1.29, 1.82) is 0 Å². The number of hydrogen-bond acceptors (Lipinski definition) is 2. The fourth-order valence-corrected chi connectivity index (χ4v) is 4.93. The first-order valence-corrected chi connectivity index (χ1v) is 9.72. The molecule has 0 bridgehead atoms. The van der Waals surface area contributed by atoms with E-state index in [4.69, 9.17) is 0 Å². The van der Waals surface area contributed by atoms with Crippen molar-refractivity contribution in [3.63, 3.8) is 0 Å². The molecule has 2 atom stereocenters. The van der Waals surface area contributed by atoms with E-state index in [1.165, 1.54) is 47.9 Å². The van der Waals surface area contributed by atoms with Crippen LogP contribution in [0.2, 0.25) is 0 Å². The Morgan fingerprint density at radius 3 is 2.52 bits per heavy atom. The first-order chi connectivity index (χ1) is 12.2. The van der Waals surface area contributed by atoms with Gasteiger partial charge in [0.25, 0.3) is 0 Å². The zero-order chi connectivity index (χ0) is 17.3. The topological polar surface area (TPSA) is 23.5 Å². The van der Waals surface area contributed by atoms with E-state index in [-0.39, 0.29) is 11.5 Å². The summed E-state index contributed by atoms with van der Waals surface area (Å²) < 4.78 is 0. The molecule has 0 amide bonds. The van der Waals surface area contributed by atoms with Crippen molar-refractivity contribution in [3.8, 4) is 11.1 Å². The average Bonchev–Trinajstić information content (AvgIpc) is 2.96. The summed E-state index contributed by atoms with van der Waals surface area (Å²) in [4.78, 5) is 2.56. The van der Waals surface area contributed by atoms with Crippen LogP contribution >= 0.6 is 0 Å². The highest BCUT2D eigenvalue weighted by Gasteiger charge is 2.44. The van der Waals surface area contributed by atoms with Crippen LogP contribution in [0.5, 0.6) is 0 Å². The summed E-state index contributed by atoms with van der Waals surface area (Å²) in [6.07, 6.45) is 5.74. The van der Waals surface area contributed by atoms with Crippen molar-refractivity contribution >= 4 is 0 Å². The molecular formula is C23H29NO. The zero-order valence-corrected chi connectivity index (χ0v) is 15.2. The molecule has 1 N–H and O–H groups in total. The highest BCUT2D eigenvalue weighted by atomic mass is 16.3. The summed E-state index contributed by atoms with van der Waals surface area (Å²) >= 11 is 0. The number of aliphatic hydroxyl groups excluding tert-OH is 1. The fraction of sp³-hybridized carbons (Fsp3) is 0.478. The van der Waals surface area contributed by atoms with Crippen LogP contribution in [0, 0.1) is 12.3 Å². The van der Waals surface area contributed by atoms with Gasteiger partial charge >= 0.3 is 0 Å². The monoisotopic (exact) mass is 335 g/mol. The maximum Gasteiger partial charge on any atom is 0.0608 e. The molecule has 1 spiro atoms. The highest BCUT2D eigenvalue weighted by Crippen LogP contribution is 2.45. The number of piperidine rings is 1. The van der Waals surface area contributed by atoms with Crippen molar-refractivity contribution in [2.75, 3.05) is 13.1 Å². The van der Waals surface area contributed by atoms with Gasteiger partial charge in [0.2, 0.25) is 0 Å². The van der Waals surface area contributed by atoms with E-state index in [1.807, 2.05) is 0 Å². The predicted molar refractivity (Wildman–Crippen MR) is 103 cm³/mol. The van der Waals surface area contributed by atoms with E-state index < -0.39 is 0 Å². The van der Waals surface area contributed by atoms with Gasteiger partial charge in [-0.05, 0) is 61.4 Å². The number of nitrogens with zero attached hydrogens (tertiary/aromatic N) is 1. The van der Waals surface area contributed by atoms with Crippen LogP contribution < -0.4 is 0 Å². The summed E-state index contributed by atoms with van der Waals surface area (Å²) in [5.41, 5.74) is 5.49. The molecule has 1 saturated carbocycles. The van der Waals surface area contributed by atoms with Crippen molar-refractivity contribution < 1.29 is 5.11 Å².